The van der Waals surface area contributed by atoms with Crippen molar-refractivity contribution >= 4 is 0 Å². The van der Waals surface area contributed by atoms with E-state index in [0.29, 0.717) is 18.8 Å². The van der Waals surface area contributed by atoms with Gasteiger partial charge in [0.1, 0.15) is 0 Å². The van der Waals surface area contributed by atoms with Crippen LogP contribution in [-0.2, 0) is 9.47 Å². The van der Waals surface area contributed by atoms with Crippen LogP contribution < -0.4 is 0 Å². The van der Waals surface area contributed by atoms with Gasteiger partial charge in [-0.1, -0.05) is 0 Å². The number of aliphatic hydroxyl groups is 1. The highest BCUT2D eigenvalue weighted by atomic mass is 16.5. The highest BCUT2D eigenvalue weighted by molar-refractivity contribution is 4.73. The molecule has 0 aromatic carbocycles. The Balaban J connectivity index is 1.50. The largest absolute Gasteiger partial charge is 0.396 e. The van der Waals surface area contributed by atoms with Crippen molar-refractivity contribution in [2.45, 2.75) is 63.6 Å². The highest BCUT2D eigenvalue weighted by Gasteiger charge is 2.21. The topological polar surface area (TPSA) is 41.9 Å². The summed E-state index contributed by atoms with van der Waals surface area (Å²) in [6, 6.07) is 0. The van der Waals surface area contributed by atoms with Crippen molar-refractivity contribution in [2.24, 2.45) is 0 Å². The van der Waals surface area contributed by atoms with Crippen LogP contribution in [0.5, 0.6) is 0 Å². The number of nitrogens with zero attached hydrogens (tertiary/aromatic N) is 1. The van der Waals surface area contributed by atoms with Gasteiger partial charge in [0.2, 0.25) is 0 Å². The van der Waals surface area contributed by atoms with Crippen LogP contribution in [0, 0.1) is 0 Å². The van der Waals surface area contributed by atoms with E-state index in [9.17, 15) is 0 Å². The maximum absolute atomic E-state index is 8.76. The fourth-order valence-corrected chi connectivity index (χ4v) is 3.11. The lowest BCUT2D eigenvalue weighted by atomic mass is 10.1. The first-order valence-electron chi connectivity index (χ1n) is 8.45. The van der Waals surface area contributed by atoms with Gasteiger partial charge in [-0.15, -0.1) is 0 Å². The zero-order chi connectivity index (χ0) is 14.0. The summed E-state index contributed by atoms with van der Waals surface area (Å²) in [5.41, 5.74) is 0. The Labute approximate surface area is 123 Å². The Bertz CT molecular complexity index is 236. The van der Waals surface area contributed by atoms with Gasteiger partial charge in [-0.3, -0.25) is 0 Å². The molecule has 2 rings (SSSR count). The van der Waals surface area contributed by atoms with Gasteiger partial charge in [0.05, 0.1) is 18.8 Å². The maximum Gasteiger partial charge on any atom is 0.0808 e. The lowest BCUT2D eigenvalue weighted by Crippen LogP contribution is -2.38. The Morgan fingerprint density at radius 3 is 2.60 bits per heavy atom. The second kappa shape index (κ2) is 9.72. The van der Waals surface area contributed by atoms with Gasteiger partial charge >= 0.3 is 0 Å². The van der Waals surface area contributed by atoms with E-state index in [1.807, 2.05) is 0 Å². The van der Waals surface area contributed by atoms with Gasteiger partial charge < -0.3 is 19.5 Å². The lowest BCUT2D eigenvalue weighted by molar-refractivity contribution is -0.0749. The summed E-state index contributed by atoms with van der Waals surface area (Å²) in [7, 11) is 0. The minimum atomic E-state index is 0.332. The zero-order valence-corrected chi connectivity index (χ0v) is 12.8. The molecule has 0 amide bonds. The van der Waals surface area contributed by atoms with Gasteiger partial charge in [0, 0.05) is 26.3 Å². The van der Waals surface area contributed by atoms with Crippen molar-refractivity contribution in [3.05, 3.63) is 0 Å². The third-order valence-corrected chi connectivity index (χ3v) is 4.46. The fourth-order valence-electron chi connectivity index (χ4n) is 3.11. The predicted molar refractivity (Wildman–Crippen MR) is 79.9 cm³/mol. The van der Waals surface area contributed by atoms with Gasteiger partial charge in [-0.25, -0.2) is 0 Å². The van der Waals surface area contributed by atoms with Crippen LogP contribution in [-0.4, -0.2) is 61.7 Å². The number of likely N-dealkylation sites (tertiary alicyclic amines) is 1. The second-order valence-corrected chi connectivity index (χ2v) is 6.15. The molecule has 0 aliphatic carbocycles. The molecule has 2 aliphatic heterocycles. The van der Waals surface area contributed by atoms with Crippen LogP contribution in [0.4, 0.5) is 0 Å². The van der Waals surface area contributed by atoms with E-state index in [1.165, 1.54) is 32.2 Å². The second-order valence-electron chi connectivity index (χ2n) is 6.15. The molecule has 0 saturated carbocycles. The van der Waals surface area contributed by atoms with E-state index >= 15 is 0 Å². The fraction of sp³-hybridized carbons (Fsp3) is 1.00. The Morgan fingerprint density at radius 1 is 1.05 bits per heavy atom. The molecule has 0 aromatic heterocycles. The monoisotopic (exact) mass is 285 g/mol. The normalized spacial score (nSPS) is 25.9. The average Bonchev–Trinajstić information content (AvgIpc) is 2.52. The van der Waals surface area contributed by atoms with Crippen molar-refractivity contribution in [2.75, 3.05) is 39.5 Å². The molecule has 0 aromatic rings. The first-order valence-corrected chi connectivity index (χ1v) is 8.45. The van der Waals surface area contributed by atoms with E-state index < -0.39 is 0 Å². The zero-order valence-electron chi connectivity index (χ0n) is 12.8. The summed E-state index contributed by atoms with van der Waals surface area (Å²) in [5, 5.41) is 8.76. The molecule has 1 N–H and O–H groups in total. The molecule has 2 fully saturated rings. The van der Waals surface area contributed by atoms with Crippen molar-refractivity contribution in [3.8, 4) is 0 Å². The summed E-state index contributed by atoms with van der Waals surface area (Å²) in [4.78, 5) is 2.54. The molecule has 0 bridgehead atoms. The van der Waals surface area contributed by atoms with E-state index in [-0.39, 0.29) is 0 Å². The molecular formula is C16H31NO3. The summed E-state index contributed by atoms with van der Waals surface area (Å²) >= 11 is 0. The summed E-state index contributed by atoms with van der Waals surface area (Å²) in [6.07, 6.45) is 10.1. The first-order chi connectivity index (χ1) is 9.88. The maximum atomic E-state index is 8.76. The Morgan fingerprint density at radius 2 is 1.90 bits per heavy atom. The molecular weight excluding hydrogens is 254 g/mol. The van der Waals surface area contributed by atoms with Gasteiger partial charge in [0.25, 0.3) is 0 Å². The standard InChI is InChI=1S/C16H31NO3/c18-12-4-1-3-9-17-10-7-15(8-11-17)20-14-16-6-2-5-13-19-16/h15-16,18H,1-14H2. The van der Waals surface area contributed by atoms with Crippen molar-refractivity contribution in [1.29, 1.82) is 0 Å². The lowest BCUT2D eigenvalue weighted by Gasteiger charge is -2.33. The molecule has 118 valence electrons. The number of unbranched alkanes of at least 4 members (excludes halogenated alkanes) is 2. The molecule has 0 radical (unpaired) electrons. The smallest absolute Gasteiger partial charge is 0.0808 e. The molecule has 20 heavy (non-hydrogen) atoms. The minimum absolute atomic E-state index is 0.332. The predicted octanol–water partition coefficient (Wildman–Crippen LogP) is 2.20. The molecule has 4 nitrogen and oxygen atoms in total. The first kappa shape index (κ1) is 16.2. The minimum Gasteiger partial charge on any atom is -0.396 e. The number of rotatable bonds is 8. The molecule has 2 heterocycles. The quantitative estimate of drug-likeness (QED) is 0.694. The van der Waals surface area contributed by atoms with E-state index in [1.54, 1.807) is 0 Å². The third kappa shape index (κ3) is 6.08. The highest BCUT2D eigenvalue weighted by Crippen LogP contribution is 2.18. The van der Waals surface area contributed by atoms with E-state index in [2.05, 4.69) is 4.90 Å². The molecule has 1 atom stereocenters. The van der Waals surface area contributed by atoms with Gasteiger partial charge in [-0.05, 0) is 57.9 Å². The number of hydrogen-bond donors (Lipinski definition) is 1. The summed E-state index contributed by atoms with van der Waals surface area (Å²) < 4.78 is 11.7. The number of hydrogen-bond acceptors (Lipinski definition) is 4. The summed E-state index contributed by atoms with van der Waals surface area (Å²) in [6.45, 7) is 5.55. The van der Waals surface area contributed by atoms with Gasteiger partial charge in [0.15, 0.2) is 0 Å². The van der Waals surface area contributed by atoms with E-state index in [4.69, 9.17) is 14.6 Å². The number of piperidine rings is 1. The molecule has 0 spiro atoms. The van der Waals surface area contributed by atoms with Crippen molar-refractivity contribution in [3.63, 3.8) is 0 Å². The van der Waals surface area contributed by atoms with Crippen LogP contribution in [0.15, 0.2) is 0 Å². The average molecular weight is 285 g/mol. The van der Waals surface area contributed by atoms with Crippen LogP contribution in [0.1, 0.15) is 51.4 Å². The van der Waals surface area contributed by atoms with Crippen molar-refractivity contribution in [1.82, 2.24) is 4.90 Å². The molecule has 2 saturated heterocycles. The molecule has 2 aliphatic rings. The number of ether oxygens (including phenoxy) is 2. The Hall–Kier alpha value is -0.160. The van der Waals surface area contributed by atoms with Crippen LogP contribution >= 0.6 is 0 Å². The molecule has 4 heteroatoms. The van der Waals surface area contributed by atoms with Gasteiger partial charge in [-0.2, -0.15) is 0 Å². The van der Waals surface area contributed by atoms with Crippen LogP contribution in [0.3, 0.4) is 0 Å². The molecule has 1 unspecified atom stereocenters. The Kier molecular flexibility index (Phi) is 7.88. The van der Waals surface area contributed by atoms with Crippen LogP contribution in [0.2, 0.25) is 0 Å². The summed E-state index contributed by atoms with van der Waals surface area (Å²) in [5.74, 6) is 0. The van der Waals surface area contributed by atoms with E-state index in [0.717, 1.165) is 52.0 Å². The van der Waals surface area contributed by atoms with Crippen LogP contribution in [0.25, 0.3) is 0 Å². The third-order valence-electron chi connectivity index (χ3n) is 4.46. The number of aliphatic hydroxyl groups excluding tert-OH is 1. The SMILES string of the molecule is OCCCCCN1CCC(OCC2CCCCO2)CC1. The van der Waals surface area contributed by atoms with Crippen molar-refractivity contribution < 1.29 is 14.6 Å².